The van der Waals surface area contributed by atoms with E-state index in [0.29, 0.717) is 0 Å². The van der Waals surface area contributed by atoms with Gasteiger partial charge in [0.15, 0.2) is 0 Å². The molecule has 0 spiro atoms. The maximum atomic E-state index is 2.87. The fraction of sp³-hybridized carbons (Fsp3) is 1.00. The molecule has 0 nitrogen and oxygen atoms in total. The van der Waals surface area contributed by atoms with E-state index in [0.717, 1.165) is 29.2 Å². The average molecular weight is 379 g/mol. The second-order valence-electron chi connectivity index (χ2n) is 11.4. The first-order valence-corrected chi connectivity index (χ1v) is 18.9. The lowest BCUT2D eigenvalue weighted by Crippen LogP contribution is -2.61. The van der Waals surface area contributed by atoms with Crippen molar-refractivity contribution in [2.75, 3.05) is 0 Å². The summed E-state index contributed by atoms with van der Waals surface area (Å²) in [4.78, 5) is 0. The molecule has 0 amide bonds. The van der Waals surface area contributed by atoms with Gasteiger partial charge in [-0.15, -0.1) is 0 Å². The molecule has 0 N–H and O–H groups in total. The predicted octanol–water partition coefficient (Wildman–Crippen LogP) is 8.06. The van der Waals surface area contributed by atoms with Crippen LogP contribution in [0.5, 0.6) is 0 Å². The molecule has 0 aliphatic heterocycles. The molecule has 146 valence electrons. The summed E-state index contributed by atoms with van der Waals surface area (Å²) in [7, 11) is -2.23. The minimum absolute atomic E-state index is 1.03. The Kier molecular flexibility index (Phi) is 6.31. The van der Waals surface area contributed by atoms with Gasteiger partial charge in [-0.1, -0.05) is 104 Å². The van der Waals surface area contributed by atoms with Crippen molar-refractivity contribution in [3.8, 4) is 0 Å². The van der Waals surface area contributed by atoms with E-state index in [-0.39, 0.29) is 0 Å². The maximum Gasteiger partial charge on any atom is 0.0448 e. The van der Waals surface area contributed by atoms with Crippen molar-refractivity contribution in [1.29, 1.82) is 0 Å². The molecular formula is C23H46Si2. The van der Waals surface area contributed by atoms with Crippen molar-refractivity contribution >= 4 is 15.2 Å². The predicted molar refractivity (Wildman–Crippen MR) is 119 cm³/mol. The van der Waals surface area contributed by atoms with Crippen LogP contribution in [0.3, 0.4) is 0 Å². The van der Waals surface area contributed by atoms with Crippen LogP contribution in [-0.2, 0) is 0 Å². The Bertz CT molecular complexity index is 441. The van der Waals surface area contributed by atoms with Gasteiger partial charge in [0.25, 0.3) is 0 Å². The second kappa shape index (κ2) is 7.82. The molecule has 3 aliphatic carbocycles. The monoisotopic (exact) mass is 378 g/mol. The summed E-state index contributed by atoms with van der Waals surface area (Å²) in [6, 6.07) is 0. The largest absolute Gasteiger partial charge is 0.0711 e. The Morgan fingerprint density at radius 3 is 2.28 bits per heavy atom. The normalized spacial score (nSPS) is 39.6. The van der Waals surface area contributed by atoms with Gasteiger partial charge in [-0.2, -0.15) is 0 Å². The molecular weight excluding hydrogens is 332 g/mol. The van der Waals surface area contributed by atoms with Crippen molar-refractivity contribution < 1.29 is 0 Å². The molecule has 2 heteroatoms. The summed E-state index contributed by atoms with van der Waals surface area (Å²) < 4.78 is 0. The van der Waals surface area contributed by atoms with Gasteiger partial charge < -0.3 is 0 Å². The molecule has 6 unspecified atom stereocenters. The van der Waals surface area contributed by atoms with E-state index in [4.69, 9.17) is 0 Å². The van der Waals surface area contributed by atoms with E-state index in [1.54, 1.807) is 38.5 Å². The molecule has 0 aromatic carbocycles. The van der Waals surface area contributed by atoms with Gasteiger partial charge in [0, 0.05) is 15.2 Å². The van der Waals surface area contributed by atoms with Gasteiger partial charge in [0.05, 0.1) is 0 Å². The summed E-state index contributed by atoms with van der Waals surface area (Å²) in [6.07, 6.45) is 17.0. The number of unbranched alkanes of at least 4 members (excludes halogenated alkanes) is 1. The summed E-state index contributed by atoms with van der Waals surface area (Å²) in [6.45, 7) is 16.4. The summed E-state index contributed by atoms with van der Waals surface area (Å²) in [5.74, 6) is 4.36. The highest BCUT2D eigenvalue weighted by Gasteiger charge is 2.56. The van der Waals surface area contributed by atoms with E-state index in [2.05, 4.69) is 40.0 Å². The Morgan fingerprint density at radius 1 is 0.800 bits per heavy atom. The number of hydrogen-bond donors (Lipinski definition) is 0. The van der Waals surface area contributed by atoms with Crippen LogP contribution in [0.15, 0.2) is 0 Å². The SMILES string of the molecule is CCCCC1CCC([Si](C)(C)[Si](C)(C)C2CCC3C(C)CCCC32)C1. The molecule has 3 aliphatic rings. The first-order valence-electron chi connectivity index (χ1n) is 11.8. The third-order valence-electron chi connectivity index (χ3n) is 9.92. The molecule has 0 radical (unpaired) electrons. The Labute approximate surface area is 160 Å². The van der Waals surface area contributed by atoms with E-state index < -0.39 is 15.2 Å². The van der Waals surface area contributed by atoms with E-state index in [1.165, 1.54) is 37.6 Å². The topological polar surface area (TPSA) is 0 Å². The Hall–Kier alpha value is 0.434. The van der Waals surface area contributed by atoms with Gasteiger partial charge in [-0.25, -0.2) is 0 Å². The molecule has 25 heavy (non-hydrogen) atoms. The Balaban J connectivity index is 1.70. The fourth-order valence-corrected chi connectivity index (χ4v) is 21.6. The number of rotatable bonds is 6. The van der Waals surface area contributed by atoms with Crippen LogP contribution in [0.4, 0.5) is 0 Å². The second-order valence-corrected chi connectivity index (χ2v) is 27.6. The molecule has 0 aromatic heterocycles. The minimum atomic E-state index is -1.12. The number of fused-ring (bicyclic) bond motifs is 1. The van der Waals surface area contributed by atoms with Crippen LogP contribution < -0.4 is 0 Å². The minimum Gasteiger partial charge on any atom is -0.0711 e. The quantitative estimate of drug-likeness (QED) is 0.410. The summed E-state index contributed by atoms with van der Waals surface area (Å²) in [5.41, 5.74) is 2.34. The molecule has 0 heterocycles. The van der Waals surface area contributed by atoms with Crippen molar-refractivity contribution in [2.45, 2.75) is 122 Å². The van der Waals surface area contributed by atoms with E-state index >= 15 is 0 Å². The molecule has 3 saturated carbocycles. The van der Waals surface area contributed by atoms with Crippen LogP contribution in [0, 0.1) is 23.7 Å². The lowest BCUT2D eigenvalue weighted by atomic mass is 9.75. The van der Waals surface area contributed by atoms with Crippen LogP contribution in [-0.4, -0.2) is 15.2 Å². The van der Waals surface area contributed by atoms with Gasteiger partial charge in [-0.05, 0) is 41.2 Å². The van der Waals surface area contributed by atoms with Crippen LogP contribution in [0.1, 0.15) is 84.5 Å². The first kappa shape index (κ1) is 20.2. The lowest BCUT2D eigenvalue weighted by Gasteiger charge is -2.50. The highest BCUT2D eigenvalue weighted by molar-refractivity contribution is 7.41. The molecule has 0 aromatic rings. The molecule has 0 bridgehead atoms. The van der Waals surface area contributed by atoms with Gasteiger partial charge in [0.1, 0.15) is 0 Å². The highest BCUT2D eigenvalue weighted by Crippen LogP contribution is 2.58. The zero-order valence-electron chi connectivity index (χ0n) is 18.2. The van der Waals surface area contributed by atoms with Crippen LogP contribution >= 0.6 is 0 Å². The maximum absolute atomic E-state index is 2.87. The van der Waals surface area contributed by atoms with Crippen molar-refractivity contribution in [3.63, 3.8) is 0 Å². The van der Waals surface area contributed by atoms with E-state index in [1.807, 2.05) is 0 Å². The van der Waals surface area contributed by atoms with E-state index in [9.17, 15) is 0 Å². The highest BCUT2D eigenvalue weighted by atomic mass is 29.3. The molecule has 0 saturated heterocycles. The smallest absolute Gasteiger partial charge is 0.0448 e. The third-order valence-corrected chi connectivity index (χ3v) is 30.7. The molecule has 3 fully saturated rings. The zero-order chi connectivity index (χ0) is 18.2. The zero-order valence-corrected chi connectivity index (χ0v) is 20.2. The summed E-state index contributed by atoms with van der Waals surface area (Å²) in [5, 5.41) is 0. The average Bonchev–Trinajstić information content (AvgIpc) is 3.20. The van der Waals surface area contributed by atoms with Gasteiger partial charge in [-0.3, -0.25) is 0 Å². The lowest BCUT2D eigenvalue weighted by molar-refractivity contribution is 0.196. The van der Waals surface area contributed by atoms with Crippen molar-refractivity contribution in [2.24, 2.45) is 23.7 Å². The van der Waals surface area contributed by atoms with Gasteiger partial charge in [0.2, 0.25) is 0 Å². The molecule has 6 atom stereocenters. The van der Waals surface area contributed by atoms with Crippen LogP contribution in [0.2, 0.25) is 37.3 Å². The molecule has 3 rings (SSSR count). The standard InChI is InChI=1S/C23H46Si2/c1-7-8-11-19-13-14-20(17-19)24(3,4)25(5,6)23-16-15-21-18(2)10-9-12-22(21)23/h18-23H,7-17H2,1-6H3. The third kappa shape index (κ3) is 3.73. The first-order chi connectivity index (χ1) is 11.8. The van der Waals surface area contributed by atoms with Crippen LogP contribution in [0.25, 0.3) is 0 Å². The van der Waals surface area contributed by atoms with Gasteiger partial charge >= 0.3 is 0 Å². The Morgan fingerprint density at radius 2 is 1.56 bits per heavy atom. The fourth-order valence-electron chi connectivity index (χ4n) is 7.50. The summed E-state index contributed by atoms with van der Waals surface area (Å²) >= 11 is 0. The van der Waals surface area contributed by atoms with Crippen molar-refractivity contribution in [3.05, 3.63) is 0 Å². The number of hydrogen-bond acceptors (Lipinski definition) is 0. The van der Waals surface area contributed by atoms with Crippen molar-refractivity contribution in [1.82, 2.24) is 0 Å².